The third-order valence-electron chi connectivity index (χ3n) is 2.44. The molecule has 0 aliphatic rings. The summed E-state index contributed by atoms with van der Waals surface area (Å²) >= 11 is 0. The first-order chi connectivity index (χ1) is 7.10. The standard InChI is InChI=1S/C12H26N2O/c1-5-6-11(7-12(15)13-4)9-14-8-10(2)3/h10-11,14H,5-9H2,1-4H3,(H,13,15). The van der Waals surface area contributed by atoms with Gasteiger partial charge in [0.15, 0.2) is 0 Å². The summed E-state index contributed by atoms with van der Waals surface area (Å²) in [5.41, 5.74) is 0. The van der Waals surface area contributed by atoms with E-state index in [4.69, 9.17) is 0 Å². The van der Waals surface area contributed by atoms with E-state index in [1.807, 2.05) is 0 Å². The summed E-state index contributed by atoms with van der Waals surface area (Å²) in [7, 11) is 1.70. The van der Waals surface area contributed by atoms with E-state index >= 15 is 0 Å². The minimum Gasteiger partial charge on any atom is -0.359 e. The lowest BCUT2D eigenvalue weighted by Gasteiger charge is -2.16. The largest absolute Gasteiger partial charge is 0.359 e. The quantitative estimate of drug-likeness (QED) is 0.647. The molecule has 90 valence electrons. The molecule has 0 bridgehead atoms. The summed E-state index contributed by atoms with van der Waals surface area (Å²) in [6, 6.07) is 0. The fraction of sp³-hybridized carbons (Fsp3) is 0.917. The highest BCUT2D eigenvalue weighted by Crippen LogP contribution is 2.10. The SMILES string of the molecule is CCCC(CNCC(C)C)CC(=O)NC. The lowest BCUT2D eigenvalue weighted by Crippen LogP contribution is -2.30. The van der Waals surface area contributed by atoms with Crippen molar-refractivity contribution >= 4 is 5.91 Å². The first kappa shape index (κ1) is 14.4. The highest BCUT2D eigenvalue weighted by Gasteiger charge is 2.11. The molecule has 0 saturated heterocycles. The van der Waals surface area contributed by atoms with Crippen molar-refractivity contribution in [3.8, 4) is 0 Å². The molecule has 0 radical (unpaired) electrons. The van der Waals surface area contributed by atoms with Crippen molar-refractivity contribution in [1.29, 1.82) is 0 Å². The van der Waals surface area contributed by atoms with Crippen molar-refractivity contribution in [3.05, 3.63) is 0 Å². The number of hydrogen-bond donors (Lipinski definition) is 2. The van der Waals surface area contributed by atoms with Gasteiger partial charge in [0.2, 0.25) is 5.91 Å². The van der Waals surface area contributed by atoms with E-state index in [1.165, 1.54) is 0 Å². The highest BCUT2D eigenvalue weighted by atomic mass is 16.1. The van der Waals surface area contributed by atoms with Crippen LogP contribution in [0, 0.1) is 11.8 Å². The molecular formula is C12H26N2O. The summed E-state index contributed by atoms with van der Waals surface area (Å²) in [6.07, 6.45) is 2.92. The zero-order valence-corrected chi connectivity index (χ0v) is 10.6. The molecule has 1 atom stereocenters. The van der Waals surface area contributed by atoms with Crippen LogP contribution in [-0.2, 0) is 4.79 Å². The zero-order chi connectivity index (χ0) is 11.7. The van der Waals surface area contributed by atoms with E-state index in [0.29, 0.717) is 18.3 Å². The van der Waals surface area contributed by atoms with Gasteiger partial charge in [-0.1, -0.05) is 27.2 Å². The maximum absolute atomic E-state index is 11.3. The Bertz CT molecular complexity index is 169. The molecular weight excluding hydrogens is 188 g/mol. The summed E-state index contributed by atoms with van der Waals surface area (Å²) in [6.45, 7) is 8.55. The number of amides is 1. The van der Waals surface area contributed by atoms with Gasteiger partial charge < -0.3 is 10.6 Å². The van der Waals surface area contributed by atoms with Gasteiger partial charge in [-0.3, -0.25) is 4.79 Å². The molecule has 0 fully saturated rings. The molecule has 3 heteroatoms. The van der Waals surface area contributed by atoms with Gasteiger partial charge in [-0.05, 0) is 31.3 Å². The van der Waals surface area contributed by atoms with E-state index in [2.05, 4.69) is 31.4 Å². The van der Waals surface area contributed by atoms with E-state index < -0.39 is 0 Å². The molecule has 0 saturated carbocycles. The molecule has 1 unspecified atom stereocenters. The van der Waals surface area contributed by atoms with Crippen LogP contribution in [0.25, 0.3) is 0 Å². The first-order valence-electron chi connectivity index (χ1n) is 6.01. The van der Waals surface area contributed by atoms with E-state index in [1.54, 1.807) is 7.05 Å². The number of carbonyl (C=O) groups excluding carboxylic acids is 1. The Balaban J connectivity index is 3.77. The molecule has 0 aromatic heterocycles. The molecule has 0 aliphatic heterocycles. The third kappa shape index (κ3) is 8.43. The molecule has 0 aromatic rings. The van der Waals surface area contributed by atoms with Crippen LogP contribution < -0.4 is 10.6 Å². The lowest BCUT2D eigenvalue weighted by molar-refractivity contribution is -0.121. The van der Waals surface area contributed by atoms with Gasteiger partial charge in [-0.25, -0.2) is 0 Å². The fourth-order valence-electron chi connectivity index (χ4n) is 1.62. The average molecular weight is 214 g/mol. The molecule has 15 heavy (non-hydrogen) atoms. The monoisotopic (exact) mass is 214 g/mol. The molecule has 2 N–H and O–H groups in total. The highest BCUT2D eigenvalue weighted by molar-refractivity contribution is 5.75. The Hall–Kier alpha value is -0.570. The van der Waals surface area contributed by atoms with Gasteiger partial charge in [-0.15, -0.1) is 0 Å². The second kappa shape index (κ2) is 8.72. The van der Waals surface area contributed by atoms with Crippen molar-refractivity contribution in [3.63, 3.8) is 0 Å². The number of carbonyl (C=O) groups is 1. The Morgan fingerprint density at radius 1 is 1.27 bits per heavy atom. The third-order valence-corrected chi connectivity index (χ3v) is 2.44. The van der Waals surface area contributed by atoms with Gasteiger partial charge in [-0.2, -0.15) is 0 Å². The van der Waals surface area contributed by atoms with Crippen LogP contribution in [0.4, 0.5) is 0 Å². The van der Waals surface area contributed by atoms with Gasteiger partial charge in [0.05, 0.1) is 0 Å². The van der Waals surface area contributed by atoms with E-state index in [-0.39, 0.29) is 5.91 Å². The van der Waals surface area contributed by atoms with Crippen molar-refractivity contribution in [2.75, 3.05) is 20.1 Å². The maximum atomic E-state index is 11.3. The fourth-order valence-corrected chi connectivity index (χ4v) is 1.62. The Morgan fingerprint density at radius 2 is 1.93 bits per heavy atom. The summed E-state index contributed by atoms with van der Waals surface area (Å²) in [5.74, 6) is 1.31. The molecule has 0 rings (SSSR count). The zero-order valence-electron chi connectivity index (χ0n) is 10.6. The van der Waals surface area contributed by atoms with Gasteiger partial charge in [0.1, 0.15) is 0 Å². The molecule has 0 aliphatic carbocycles. The van der Waals surface area contributed by atoms with Crippen molar-refractivity contribution in [2.45, 2.75) is 40.0 Å². The lowest BCUT2D eigenvalue weighted by atomic mass is 9.99. The second-order valence-corrected chi connectivity index (χ2v) is 4.58. The van der Waals surface area contributed by atoms with Crippen LogP contribution in [0.1, 0.15) is 40.0 Å². The van der Waals surface area contributed by atoms with Crippen LogP contribution >= 0.6 is 0 Å². The molecule has 0 spiro atoms. The van der Waals surface area contributed by atoms with Crippen molar-refractivity contribution < 1.29 is 4.79 Å². The van der Waals surface area contributed by atoms with E-state index in [0.717, 1.165) is 25.9 Å². The first-order valence-corrected chi connectivity index (χ1v) is 6.01. The maximum Gasteiger partial charge on any atom is 0.220 e. The van der Waals surface area contributed by atoms with Gasteiger partial charge in [0.25, 0.3) is 0 Å². The van der Waals surface area contributed by atoms with Gasteiger partial charge in [0, 0.05) is 13.5 Å². The number of hydrogen-bond acceptors (Lipinski definition) is 2. The van der Waals surface area contributed by atoms with Crippen LogP contribution in [0.5, 0.6) is 0 Å². The predicted molar refractivity (Wildman–Crippen MR) is 64.8 cm³/mol. The second-order valence-electron chi connectivity index (χ2n) is 4.58. The summed E-state index contributed by atoms with van der Waals surface area (Å²) in [5, 5.41) is 6.11. The molecule has 1 amide bonds. The summed E-state index contributed by atoms with van der Waals surface area (Å²) in [4.78, 5) is 11.3. The van der Waals surface area contributed by atoms with Crippen LogP contribution in [-0.4, -0.2) is 26.0 Å². The minimum atomic E-state index is 0.153. The molecule has 3 nitrogen and oxygen atoms in total. The minimum absolute atomic E-state index is 0.153. The van der Waals surface area contributed by atoms with Crippen LogP contribution in [0.3, 0.4) is 0 Å². The topological polar surface area (TPSA) is 41.1 Å². The number of rotatable bonds is 8. The number of nitrogens with one attached hydrogen (secondary N) is 2. The normalized spacial score (nSPS) is 12.9. The van der Waals surface area contributed by atoms with Crippen LogP contribution in [0.15, 0.2) is 0 Å². The predicted octanol–water partition coefficient (Wildman–Crippen LogP) is 1.78. The molecule has 0 heterocycles. The van der Waals surface area contributed by atoms with Crippen LogP contribution in [0.2, 0.25) is 0 Å². The Morgan fingerprint density at radius 3 is 2.40 bits per heavy atom. The van der Waals surface area contributed by atoms with Crippen molar-refractivity contribution in [1.82, 2.24) is 10.6 Å². The Kier molecular flexibility index (Phi) is 8.38. The average Bonchev–Trinajstić information content (AvgIpc) is 2.17. The van der Waals surface area contributed by atoms with E-state index in [9.17, 15) is 4.79 Å². The molecule has 0 aromatic carbocycles. The Labute approximate surface area is 94.0 Å². The summed E-state index contributed by atoms with van der Waals surface area (Å²) < 4.78 is 0. The van der Waals surface area contributed by atoms with Gasteiger partial charge >= 0.3 is 0 Å². The smallest absolute Gasteiger partial charge is 0.220 e. The van der Waals surface area contributed by atoms with Crippen molar-refractivity contribution in [2.24, 2.45) is 11.8 Å².